The van der Waals surface area contributed by atoms with Crippen molar-refractivity contribution in [2.24, 2.45) is 0 Å². The fraction of sp³-hybridized carbons (Fsp3) is 0.292. The molecule has 2 aromatic carbocycles. The molecule has 1 amide bonds. The lowest BCUT2D eigenvalue weighted by molar-refractivity contribution is -0.126. The van der Waals surface area contributed by atoms with E-state index in [9.17, 15) is 4.79 Å². The van der Waals surface area contributed by atoms with Crippen molar-refractivity contribution in [2.45, 2.75) is 20.3 Å². The summed E-state index contributed by atoms with van der Waals surface area (Å²) in [6, 6.07) is 18.2. The molecule has 0 N–H and O–H groups in total. The number of rotatable bonds is 3. The molecule has 0 aliphatic carbocycles. The SMILES string of the molecule is CC=C(C)C(=O)N1CCCN(c2nc3ccccc3nc2-c2ccccc2)CC1. The molecule has 0 atom stereocenters. The number of para-hydroxylation sites is 2. The lowest BCUT2D eigenvalue weighted by Crippen LogP contribution is -2.36. The van der Waals surface area contributed by atoms with Crippen LogP contribution in [0.15, 0.2) is 66.2 Å². The first-order valence-electron chi connectivity index (χ1n) is 10.2. The molecule has 5 nitrogen and oxygen atoms in total. The molecule has 0 spiro atoms. The van der Waals surface area contributed by atoms with Gasteiger partial charge in [0.1, 0.15) is 5.69 Å². The molecule has 5 heteroatoms. The third-order valence-corrected chi connectivity index (χ3v) is 5.45. The second-order valence-corrected chi connectivity index (χ2v) is 7.36. The van der Waals surface area contributed by atoms with Crippen molar-refractivity contribution in [1.82, 2.24) is 14.9 Å². The zero-order chi connectivity index (χ0) is 20.2. The third kappa shape index (κ3) is 3.99. The van der Waals surface area contributed by atoms with Crippen molar-refractivity contribution in [1.29, 1.82) is 0 Å². The first-order valence-corrected chi connectivity index (χ1v) is 10.2. The molecular formula is C24H26N4O. The third-order valence-electron chi connectivity index (χ3n) is 5.45. The van der Waals surface area contributed by atoms with E-state index < -0.39 is 0 Å². The highest BCUT2D eigenvalue weighted by Gasteiger charge is 2.23. The van der Waals surface area contributed by atoms with Gasteiger partial charge >= 0.3 is 0 Å². The van der Waals surface area contributed by atoms with E-state index in [2.05, 4.69) is 17.0 Å². The minimum absolute atomic E-state index is 0.127. The smallest absolute Gasteiger partial charge is 0.249 e. The van der Waals surface area contributed by atoms with Crippen LogP contribution in [0.25, 0.3) is 22.3 Å². The second-order valence-electron chi connectivity index (χ2n) is 7.36. The Morgan fingerprint density at radius 3 is 2.31 bits per heavy atom. The van der Waals surface area contributed by atoms with E-state index in [0.29, 0.717) is 6.54 Å². The summed E-state index contributed by atoms with van der Waals surface area (Å²) in [5, 5.41) is 0. The molecule has 0 radical (unpaired) electrons. The number of anilines is 1. The van der Waals surface area contributed by atoms with E-state index >= 15 is 0 Å². The van der Waals surface area contributed by atoms with Crippen LogP contribution in [0.1, 0.15) is 20.3 Å². The van der Waals surface area contributed by atoms with Crippen LogP contribution in [0.5, 0.6) is 0 Å². The fourth-order valence-electron chi connectivity index (χ4n) is 3.71. The zero-order valence-corrected chi connectivity index (χ0v) is 17.0. The Kier molecular flexibility index (Phi) is 5.56. The summed E-state index contributed by atoms with van der Waals surface area (Å²) in [6.07, 6.45) is 2.79. The maximum absolute atomic E-state index is 12.6. The molecule has 1 aliphatic rings. The molecule has 1 aromatic heterocycles. The van der Waals surface area contributed by atoms with Crippen LogP contribution >= 0.6 is 0 Å². The highest BCUT2D eigenvalue weighted by molar-refractivity contribution is 5.92. The van der Waals surface area contributed by atoms with Gasteiger partial charge in [-0.05, 0) is 32.4 Å². The number of hydrogen-bond acceptors (Lipinski definition) is 4. The molecular weight excluding hydrogens is 360 g/mol. The van der Waals surface area contributed by atoms with Crippen molar-refractivity contribution in [3.05, 3.63) is 66.2 Å². The summed E-state index contributed by atoms with van der Waals surface area (Å²) in [4.78, 5) is 26.8. The molecule has 29 heavy (non-hydrogen) atoms. The van der Waals surface area contributed by atoms with Crippen molar-refractivity contribution in [3.8, 4) is 11.3 Å². The summed E-state index contributed by atoms with van der Waals surface area (Å²) in [5.74, 6) is 1.02. The van der Waals surface area contributed by atoms with Gasteiger partial charge in [0.05, 0.1) is 11.0 Å². The van der Waals surface area contributed by atoms with Crippen LogP contribution in [0.4, 0.5) is 5.82 Å². The molecule has 1 aliphatic heterocycles. The van der Waals surface area contributed by atoms with Crippen LogP contribution in [-0.4, -0.2) is 47.0 Å². The fourth-order valence-corrected chi connectivity index (χ4v) is 3.71. The standard InChI is InChI=1S/C24H26N4O/c1-3-18(2)24(29)28-15-9-14-27(16-17-28)23-22(19-10-5-4-6-11-19)25-20-12-7-8-13-21(20)26-23/h3-8,10-13H,9,14-17H2,1-2H3. The maximum Gasteiger partial charge on any atom is 0.249 e. The van der Waals surface area contributed by atoms with Crippen LogP contribution in [0.3, 0.4) is 0 Å². The number of amides is 1. The van der Waals surface area contributed by atoms with Crippen molar-refractivity contribution in [2.75, 3.05) is 31.1 Å². The Balaban J connectivity index is 1.70. The number of benzene rings is 2. The Morgan fingerprint density at radius 2 is 1.59 bits per heavy atom. The van der Waals surface area contributed by atoms with Gasteiger partial charge in [-0.1, -0.05) is 48.5 Å². The van der Waals surface area contributed by atoms with E-state index in [-0.39, 0.29) is 5.91 Å². The molecule has 1 fully saturated rings. The molecule has 2 heterocycles. The van der Waals surface area contributed by atoms with E-state index in [1.165, 1.54) is 0 Å². The maximum atomic E-state index is 12.6. The highest BCUT2D eigenvalue weighted by atomic mass is 16.2. The predicted molar refractivity (Wildman–Crippen MR) is 118 cm³/mol. The van der Waals surface area contributed by atoms with E-state index in [1.54, 1.807) is 0 Å². The van der Waals surface area contributed by atoms with Gasteiger partial charge in [-0.15, -0.1) is 0 Å². The number of allylic oxidation sites excluding steroid dienone is 1. The monoisotopic (exact) mass is 386 g/mol. The molecule has 4 rings (SSSR count). The predicted octanol–water partition coefficient (Wildman–Crippen LogP) is 4.30. The lowest BCUT2D eigenvalue weighted by atomic mass is 10.1. The quantitative estimate of drug-likeness (QED) is 0.630. The summed E-state index contributed by atoms with van der Waals surface area (Å²) in [5.41, 5.74) is 4.54. The Morgan fingerprint density at radius 1 is 0.897 bits per heavy atom. The average molecular weight is 386 g/mol. The molecule has 1 saturated heterocycles. The van der Waals surface area contributed by atoms with Crippen molar-refractivity contribution in [3.63, 3.8) is 0 Å². The van der Waals surface area contributed by atoms with Crippen molar-refractivity contribution < 1.29 is 4.79 Å². The molecule has 0 saturated carbocycles. The number of nitrogens with zero attached hydrogens (tertiary/aromatic N) is 4. The number of hydrogen-bond donors (Lipinski definition) is 0. The van der Waals surface area contributed by atoms with Gasteiger partial charge < -0.3 is 9.80 Å². The van der Waals surface area contributed by atoms with E-state index in [0.717, 1.165) is 59.7 Å². The van der Waals surface area contributed by atoms with Gasteiger partial charge in [-0.3, -0.25) is 4.79 Å². The molecule has 3 aromatic rings. The molecule has 0 bridgehead atoms. The Hall–Kier alpha value is -3.21. The normalized spacial score (nSPS) is 15.4. The topological polar surface area (TPSA) is 49.3 Å². The van der Waals surface area contributed by atoms with Gasteiger partial charge in [-0.2, -0.15) is 0 Å². The minimum Gasteiger partial charge on any atom is -0.353 e. The van der Waals surface area contributed by atoms with Crippen LogP contribution in [0.2, 0.25) is 0 Å². The van der Waals surface area contributed by atoms with Gasteiger partial charge in [-0.25, -0.2) is 9.97 Å². The zero-order valence-electron chi connectivity index (χ0n) is 17.0. The summed E-state index contributed by atoms with van der Waals surface area (Å²) >= 11 is 0. The number of fused-ring (bicyclic) bond motifs is 1. The van der Waals surface area contributed by atoms with Gasteiger partial charge in [0, 0.05) is 37.3 Å². The minimum atomic E-state index is 0.127. The van der Waals surface area contributed by atoms with E-state index in [4.69, 9.17) is 9.97 Å². The average Bonchev–Trinajstić information content (AvgIpc) is 3.04. The largest absolute Gasteiger partial charge is 0.353 e. The van der Waals surface area contributed by atoms with Crippen LogP contribution in [0, 0.1) is 0 Å². The van der Waals surface area contributed by atoms with Crippen molar-refractivity contribution >= 4 is 22.8 Å². The van der Waals surface area contributed by atoms with Gasteiger partial charge in [0.2, 0.25) is 5.91 Å². The summed E-state index contributed by atoms with van der Waals surface area (Å²) < 4.78 is 0. The molecule has 0 unspecified atom stereocenters. The van der Waals surface area contributed by atoms with Gasteiger partial charge in [0.25, 0.3) is 0 Å². The summed E-state index contributed by atoms with van der Waals surface area (Å²) in [6.45, 7) is 6.84. The van der Waals surface area contributed by atoms with Gasteiger partial charge in [0.15, 0.2) is 5.82 Å². The lowest BCUT2D eigenvalue weighted by Gasteiger charge is -2.25. The number of carbonyl (C=O) groups is 1. The Labute approximate surface area is 171 Å². The number of aromatic nitrogens is 2. The van der Waals surface area contributed by atoms with Crippen LogP contribution in [-0.2, 0) is 4.79 Å². The summed E-state index contributed by atoms with van der Waals surface area (Å²) in [7, 11) is 0. The van der Waals surface area contributed by atoms with E-state index in [1.807, 2.05) is 67.3 Å². The second kappa shape index (κ2) is 8.43. The first kappa shape index (κ1) is 19.1. The number of carbonyl (C=O) groups excluding carboxylic acids is 1. The highest BCUT2D eigenvalue weighted by Crippen LogP contribution is 2.30. The Bertz CT molecular complexity index is 1050. The first-order chi connectivity index (χ1) is 14.2. The van der Waals surface area contributed by atoms with Crippen LogP contribution < -0.4 is 4.90 Å². The molecule has 148 valence electrons.